The zero-order chi connectivity index (χ0) is 12.7. The lowest BCUT2D eigenvalue weighted by Crippen LogP contribution is -2.11. The lowest BCUT2D eigenvalue weighted by atomic mass is 10.2. The smallest absolute Gasteiger partial charge is 0.177 e. The number of rotatable bonds is 6. The number of ether oxygens (including phenoxy) is 2. The van der Waals surface area contributed by atoms with Gasteiger partial charge in [0.1, 0.15) is 11.5 Å². The van der Waals surface area contributed by atoms with E-state index in [0.29, 0.717) is 29.8 Å². The van der Waals surface area contributed by atoms with Gasteiger partial charge in [-0.3, -0.25) is 4.79 Å². The van der Waals surface area contributed by atoms with Crippen LogP contribution in [0.1, 0.15) is 23.7 Å². The number of carbonyl (C=O) groups excluding carboxylic acids is 1. The Kier molecular flexibility index (Phi) is 4.84. The van der Waals surface area contributed by atoms with Crippen molar-refractivity contribution in [1.82, 2.24) is 0 Å². The summed E-state index contributed by atoms with van der Waals surface area (Å²) < 4.78 is 10.5. The largest absolute Gasteiger partial charge is 0.496 e. The van der Waals surface area contributed by atoms with Crippen LogP contribution in [0.2, 0.25) is 0 Å². The summed E-state index contributed by atoms with van der Waals surface area (Å²) >= 11 is 0. The highest BCUT2D eigenvalue weighted by molar-refractivity contribution is 5.79. The second-order valence-corrected chi connectivity index (χ2v) is 3.21. The summed E-state index contributed by atoms with van der Waals surface area (Å²) in [5.41, 5.74) is 8.78. The molecule has 0 fully saturated rings. The van der Waals surface area contributed by atoms with E-state index in [-0.39, 0.29) is 0 Å². The summed E-state index contributed by atoms with van der Waals surface area (Å²) in [6.45, 7) is 1.84. The van der Waals surface area contributed by atoms with Gasteiger partial charge < -0.3 is 9.47 Å². The fourth-order valence-corrected chi connectivity index (χ4v) is 1.27. The van der Waals surface area contributed by atoms with Gasteiger partial charge in [-0.25, -0.2) is 0 Å². The number of hydrogen-bond acceptors (Lipinski definition) is 4. The standard InChI is InChI=1S/C11H13N3O3/c1-3-11(13-14-12)17-9-5-4-8(7-15)10(6-9)16-2/h4-7,11H,3H2,1-2H3. The molecule has 0 aliphatic heterocycles. The quantitative estimate of drug-likeness (QED) is 0.329. The van der Waals surface area contributed by atoms with Crippen LogP contribution in [0, 0.1) is 0 Å². The number of nitrogens with zero attached hydrogens (tertiary/aromatic N) is 3. The van der Waals surface area contributed by atoms with Gasteiger partial charge in [0.05, 0.1) is 12.7 Å². The Labute approximate surface area is 98.8 Å². The number of benzene rings is 1. The first-order valence-corrected chi connectivity index (χ1v) is 5.09. The molecule has 1 aromatic carbocycles. The number of hydrogen-bond donors (Lipinski definition) is 0. The van der Waals surface area contributed by atoms with E-state index in [2.05, 4.69) is 10.0 Å². The minimum atomic E-state index is -0.563. The van der Waals surface area contributed by atoms with Crippen LogP contribution in [-0.2, 0) is 0 Å². The van der Waals surface area contributed by atoms with Crippen molar-refractivity contribution >= 4 is 6.29 Å². The van der Waals surface area contributed by atoms with Crippen molar-refractivity contribution in [2.24, 2.45) is 5.11 Å². The normalized spacial score (nSPS) is 11.2. The first-order valence-electron chi connectivity index (χ1n) is 5.09. The fraction of sp³-hybridized carbons (Fsp3) is 0.364. The van der Waals surface area contributed by atoms with Crippen molar-refractivity contribution < 1.29 is 14.3 Å². The lowest BCUT2D eigenvalue weighted by Gasteiger charge is -2.13. The van der Waals surface area contributed by atoms with Gasteiger partial charge in [0, 0.05) is 11.0 Å². The maximum atomic E-state index is 10.7. The van der Waals surface area contributed by atoms with Gasteiger partial charge in [0.25, 0.3) is 0 Å². The molecule has 0 bridgehead atoms. The minimum absolute atomic E-state index is 0.424. The van der Waals surface area contributed by atoms with Crippen LogP contribution in [0.4, 0.5) is 0 Å². The molecule has 0 spiro atoms. The SMILES string of the molecule is CCC(N=[N+]=[N-])Oc1ccc(C=O)c(OC)c1. The molecule has 0 aliphatic carbocycles. The van der Waals surface area contributed by atoms with Crippen LogP contribution in [0.3, 0.4) is 0 Å². The third-order valence-electron chi connectivity index (χ3n) is 2.13. The van der Waals surface area contributed by atoms with E-state index in [4.69, 9.17) is 15.0 Å². The molecule has 1 aromatic rings. The molecule has 1 atom stereocenters. The van der Waals surface area contributed by atoms with Crippen LogP contribution in [0.25, 0.3) is 10.4 Å². The topological polar surface area (TPSA) is 84.3 Å². The second-order valence-electron chi connectivity index (χ2n) is 3.21. The maximum absolute atomic E-state index is 10.7. The summed E-state index contributed by atoms with van der Waals surface area (Å²) in [7, 11) is 1.47. The summed E-state index contributed by atoms with van der Waals surface area (Å²) in [4.78, 5) is 13.4. The highest BCUT2D eigenvalue weighted by atomic mass is 16.5. The van der Waals surface area contributed by atoms with Gasteiger partial charge in [-0.05, 0) is 29.2 Å². The zero-order valence-electron chi connectivity index (χ0n) is 9.66. The van der Waals surface area contributed by atoms with Crippen molar-refractivity contribution in [2.45, 2.75) is 19.6 Å². The molecule has 0 radical (unpaired) electrons. The third-order valence-corrected chi connectivity index (χ3v) is 2.13. The Balaban J connectivity index is 2.91. The van der Waals surface area contributed by atoms with Gasteiger partial charge >= 0.3 is 0 Å². The fourth-order valence-electron chi connectivity index (χ4n) is 1.27. The highest BCUT2D eigenvalue weighted by Gasteiger charge is 2.08. The molecular weight excluding hydrogens is 222 g/mol. The third kappa shape index (κ3) is 3.39. The predicted molar refractivity (Wildman–Crippen MR) is 62.2 cm³/mol. The van der Waals surface area contributed by atoms with E-state index in [1.54, 1.807) is 18.2 Å². The number of methoxy groups -OCH3 is 1. The van der Waals surface area contributed by atoms with Crippen LogP contribution in [0.15, 0.2) is 23.3 Å². The summed E-state index contributed by atoms with van der Waals surface area (Å²) in [6, 6.07) is 4.80. The molecule has 17 heavy (non-hydrogen) atoms. The molecule has 6 heteroatoms. The Bertz CT molecular complexity index is 442. The molecule has 0 heterocycles. The molecule has 0 aliphatic rings. The van der Waals surface area contributed by atoms with Gasteiger partial charge in [-0.1, -0.05) is 6.92 Å². The van der Waals surface area contributed by atoms with Gasteiger partial charge in [-0.15, -0.1) is 0 Å². The Morgan fingerprint density at radius 3 is 2.88 bits per heavy atom. The van der Waals surface area contributed by atoms with Crippen molar-refractivity contribution in [3.05, 3.63) is 34.2 Å². The zero-order valence-corrected chi connectivity index (χ0v) is 9.66. The molecule has 6 nitrogen and oxygen atoms in total. The van der Waals surface area contributed by atoms with Crippen LogP contribution < -0.4 is 9.47 Å². The Hall–Kier alpha value is -2.20. The predicted octanol–water partition coefficient (Wildman–Crippen LogP) is 2.93. The van der Waals surface area contributed by atoms with Gasteiger partial charge in [0.2, 0.25) is 0 Å². The monoisotopic (exact) mass is 235 g/mol. The highest BCUT2D eigenvalue weighted by Crippen LogP contribution is 2.24. The Morgan fingerprint density at radius 1 is 1.59 bits per heavy atom. The first kappa shape index (κ1) is 12.9. The van der Waals surface area contributed by atoms with E-state index >= 15 is 0 Å². The number of azide groups is 1. The van der Waals surface area contributed by atoms with Crippen LogP contribution in [-0.4, -0.2) is 19.6 Å². The van der Waals surface area contributed by atoms with Crippen LogP contribution in [0.5, 0.6) is 11.5 Å². The van der Waals surface area contributed by atoms with Crippen molar-refractivity contribution in [3.63, 3.8) is 0 Å². The van der Waals surface area contributed by atoms with E-state index in [0.717, 1.165) is 0 Å². The Morgan fingerprint density at radius 2 is 2.35 bits per heavy atom. The number of aldehydes is 1. The molecule has 0 saturated heterocycles. The second kappa shape index (κ2) is 6.40. The number of carbonyl (C=O) groups is 1. The average Bonchev–Trinajstić information content (AvgIpc) is 2.38. The molecule has 1 unspecified atom stereocenters. The van der Waals surface area contributed by atoms with E-state index in [9.17, 15) is 4.79 Å². The molecule has 0 aromatic heterocycles. The van der Waals surface area contributed by atoms with Crippen LogP contribution >= 0.6 is 0 Å². The van der Waals surface area contributed by atoms with E-state index in [1.807, 2.05) is 6.92 Å². The summed E-state index contributed by atoms with van der Waals surface area (Å²) in [5.74, 6) is 0.917. The van der Waals surface area contributed by atoms with Gasteiger partial charge in [0.15, 0.2) is 12.5 Å². The first-order chi connectivity index (χ1) is 8.24. The lowest BCUT2D eigenvalue weighted by molar-refractivity contribution is 0.112. The average molecular weight is 235 g/mol. The maximum Gasteiger partial charge on any atom is 0.177 e. The molecule has 1 rings (SSSR count). The molecule has 90 valence electrons. The van der Waals surface area contributed by atoms with Crippen molar-refractivity contribution in [1.29, 1.82) is 0 Å². The molecule has 0 saturated carbocycles. The summed E-state index contributed by atoms with van der Waals surface area (Å²) in [5, 5.41) is 3.48. The minimum Gasteiger partial charge on any atom is -0.496 e. The summed E-state index contributed by atoms with van der Waals surface area (Å²) in [6.07, 6.45) is 0.696. The van der Waals surface area contributed by atoms with Crippen molar-refractivity contribution in [2.75, 3.05) is 7.11 Å². The molecular formula is C11H13N3O3. The van der Waals surface area contributed by atoms with Gasteiger partial charge in [-0.2, -0.15) is 0 Å². The molecule has 0 N–H and O–H groups in total. The van der Waals surface area contributed by atoms with Crippen molar-refractivity contribution in [3.8, 4) is 11.5 Å². The van der Waals surface area contributed by atoms with E-state index < -0.39 is 6.23 Å². The van der Waals surface area contributed by atoms with E-state index in [1.165, 1.54) is 7.11 Å². The molecule has 0 amide bonds.